The van der Waals surface area contributed by atoms with Crippen LogP contribution < -0.4 is 5.32 Å². The summed E-state index contributed by atoms with van der Waals surface area (Å²) in [5.74, 6) is 1.33. The van der Waals surface area contributed by atoms with Crippen molar-refractivity contribution in [1.82, 2.24) is 9.38 Å². The van der Waals surface area contributed by atoms with Gasteiger partial charge in [-0.25, -0.2) is 4.98 Å². The number of aryl methyl sites for hydroxylation is 1. The van der Waals surface area contributed by atoms with E-state index in [2.05, 4.69) is 30.2 Å². The normalized spacial score (nSPS) is 12.7. The molecule has 5 heteroatoms. The predicted molar refractivity (Wildman–Crippen MR) is 96.1 cm³/mol. The van der Waals surface area contributed by atoms with E-state index in [1.165, 1.54) is 0 Å². The molecule has 1 atom stereocenters. The molecule has 24 heavy (non-hydrogen) atoms. The lowest BCUT2D eigenvalue weighted by molar-refractivity contribution is 0.259. The van der Waals surface area contributed by atoms with E-state index >= 15 is 0 Å². The average molecular weight is 322 g/mol. The van der Waals surface area contributed by atoms with Crippen LogP contribution in [0.4, 0.5) is 5.82 Å². The average Bonchev–Trinajstić information content (AvgIpc) is 2.93. The fourth-order valence-corrected chi connectivity index (χ4v) is 3.16. The number of nitriles is 1. The van der Waals surface area contributed by atoms with Gasteiger partial charge in [0, 0.05) is 0 Å². The van der Waals surface area contributed by atoms with Crippen molar-refractivity contribution in [3.8, 4) is 6.07 Å². The third-order valence-electron chi connectivity index (χ3n) is 4.21. The SMILES string of the molecule is Cc1cc(NC(CO)CC(C)C)n2c(nc3ccccc32)c1C#N. The molecule has 0 radical (unpaired) electrons. The van der Waals surface area contributed by atoms with Crippen LogP contribution in [0.15, 0.2) is 30.3 Å². The molecule has 3 rings (SSSR count). The lowest BCUT2D eigenvalue weighted by atomic mass is 10.0. The van der Waals surface area contributed by atoms with Gasteiger partial charge in [0.2, 0.25) is 0 Å². The largest absolute Gasteiger partial charge is 0.394 e. The number of anilines is 1. The van der Waals surface area contributed by atoms with E-state index in [1.807, 2.05) is 41.7 Å². The number of nitrogens with one attached hydrogen (secondary N) is 1. The van der Waals surface area contributed by atoms with Gasteiger partial charge in [0.1, 0.15) is 11.9 Å². The van der Waals surface area contributed by atoms with Crippen molar-refractivity contribution in [2.45, 2.75) is 33.2 Å². The minimum absolute atomic E-state index is 0.0401. The molecule has 0 fully saturated rings. The summed E-state index contributed by atoms with van der Waals surface area (Å²) in [4.78, 5) is 4.64. The monoisotopic (exact) mass is 322 g/mol. The fraction of sp³-hybridized carbons (Fsp3) is 0.368. The minimum atomic E-state index is -0.0401. The lowest BCUT2D eigenvalue weighted by Gasteiger charge is -2.21. The molecular formula is C19H22N4O. The molecule has 1 unspecified atom stereocenters. The van der Waals surface area contributed by atoms with Crippen LogP contribution in [0.3, 0.4) is 0 Å². The first-order valence-corrected chi connectivity index (χ1v) is 8.23. The van der Waals surface area contributed by atoms with Crippen LogP contribution in [0.25, 0.3) is 16.7 Å². The number of aromatic nitrogens is 2. The minimum Gasteiger partial charge on any atom is -0.394 e. The number of nitrogens with zero attached hydrogens (tertiary/aromatic N) is 3. The Morgan fingerprint density at radius 3 is 2.75 bits per heavy atom. The van der Waals surface area contributed by atoms with E-state index in [0.29, 0.717) is 17.1 Å². The summed E-state index contributed by atoms with van der Waals surface area (Å²) in [6.45, 7) is 6.25. The number of imidazole rings is 1. The van der Waals surface area contributed by atoms with E-state index in [4.69, 9.17) is 0 Å². The molecule has 0 aliphatic heterocycles. The number of benzene rings is 1. The van der Waals surface area contributed by atoms with Gasteiger partial charge in [-0.1, -0.05) is 26.0 Å². The summed E-state index contributed by atoms with van der Waals surface area (Å²) in [5.41, 5.74) is 3.92. The van der Waals surface area contributed by atoms with E-state index in [1.54, 1.807) is 0 Å². The number of hydrogen-bond donors (Lipinski definition) is 2. The Balaban J connectivity index is 2.22. The molecule has 3 aromatic rings. The zero-order valence-corrected chi connectivity index (χ0v) is 14.2. The first-order chi connectivity index (χ1) is 11.5. The van der Waals surface area contributed by atoms with Crippen LogP contribution in [0.1, 0.15) is 31.4 Å². The van der Waals surface area contributed by atoms with Crippen LogP contribution in [0.5, 0.6) is 0 Å². The second kappa shape index (κ2) is 6.50. The number of hydrogen-bond acceptors (Lipinski definition) is 4. The maximum atomic E-state index is 9.70. The van der Waals surface area contributed by atoms with Crippen LogP contribution in [-0.4, -0.2) is 27.1 Å². The number of fused-ring (bicyclic) bond motifs is 3. The van der Waals surface area contributed by atoms with Crippen molar-refractivity contribution in [2.24, 2.45) is 5.92 Å². The molecular weight excluding hydrogens is 300 g/mol. The van der Waals surface area contributed by atoms with Gasteiger partial charge in [-0.05, 0) is 43.0 Å². The summed E-state index contributed by atoms with van der Waals surface area (Å²) in [7, 11) is 0. The molecule has 0 amide bonds. The Bertz CT molecular complexity index is 920. The molecule has 124 valence electrons. The highest BCUT2D eigenvalue weighted by Crippen LogP contribution is 2.27. The Morgan fingerprint density at radius 1 is 1.33 bits per heavy atom. The van der Waals surface area contributed by atoms with Gasteiger partial charge in [-0.15, -0.1) is 0 Å². The summed E-state index contributed by atoms with van der Waals surface area (Å²) < 4.78 is 1.98. The Hall–Kier alpha value is -2.58. The standard InChI is InChI=1S/C19H22N4O/c1-12(2)8-14(11-24)21-18-9-13(3)15(10-20)19-22-16-6-4-5-7-17(16)23(18)19/h4-7,9,12,14,21,24H,8,11H2,1-3H3. The molecule has 0 bridgehead atoms. The summed E-state index contributed by atoms with van der Waals surface area (Å²) in [6.07, 6.45) is 0.865. The third kappa shape index (κ3) is 2.81. The molecule has 0 aliphatic rings. The second-order valence-corrected chi connectivity index (χ2v) is 6.61. The van der Waals surface area contributed by atoms with E-state index in [0.717, 1.165) is 28.8 Å². The van der Waals surface area contributed by atoms with Gasteiger partial charge in [0.25, 0.3) is 0 Å². The molecule has 0 saturated heterocycles. The van der Waals surface area contributed by atoms with Crippen molar-refractivity contribution in [1.29, 1.82) is 5.26 Å². The van der Waals surface area contributed by atoms with Gasteiger partial charge in [0.15, 0.2) is 5.65 Å². The fourth-order valence-electron chi connectivity index (χ4n) is 3.16. The molecule has 5 nitrogen and oxygen atoms in total. The van der Waals surface area contributed by atoms with E-state index in [-0.39, 0.29) is 12.6 Å². The Labute approximate surface area is 141 Å². The van der Waals surface area contributed by atoms with Crippen molar-refractivity contribution < 1.29 is 5.11 Å². The summed E-state index contributed by atoms with van der Waals surface area (Å²) in [6, 6.07) is 12.0. The lowest BCUT2D eigenvalue weighted by Crippen LogP contribution is -2.26. The van der Waals surface area contributed by atoms with E-state index < -0.39 is 0 Å². The van der Waals surface area contributed by atoms with Gasteiger partial charge < -0.3 is 10.4 Å². The zero-order valence-electron chi connectivity index (χ0n) is 14.2. The molecule has 2 heterocycles. The molecule has 0 spiro atoms. The first-order valence-electron chi connectivity index (χ1n) is 8.23. The van der Waals surface area contributed by atoms with Crippen LogP contribution in [-0.2, 0) is 0 Å². The van der Waals surface area contributed by atoms with E-state index in [9.17, 15) is 10.4 Å². The smallest absolute Gasteiger partial charge is 0.157 e. The number of aliphatic hydroxyl groups excluding tert-OH is 1. The van der Waals surface area contributed by atoms with Gasteiger partial charge in [-0.3, -0.25) is 4.40 Å². The van der Waals surface area contributed by atoms with Gasteiger partial charge in [-0.2, -0.15) is 5.26 Å². The summed E-state index contributed by atoms with van der Waals surface area (Å²) in [5, 5.41) is 22.7. The van der Waals surface area contributed by atoms with Crippen molar-refractivity contribution in [3.05, 3.63) is 41.5 Å². The predicted octanol–water partition coefficient (Wildman–Crippen LogP) is 3.49. The van der Waals surface area contributed by atoms with Crippen LogP contribution in [0.2, 0.25) is 0 Å². The number of aliphatic hydroxyl groups is 1. The third-order valence-corrected chi connectivity index (χ3v) is 4.21. The van der Waals surface area contributed by atoms with Crippen molar-refractivity contribution in [3.63, 3.8) is 0 Å². The summed E-state index contributed by atoms with van der Waals surface area (Å²) >= 11 is 0. The quantitative estimate of drug-likeness (QED) is 0.754. The van der Waals surface area contributed by atoms with Crippen molar-refractivity contribution in [2.75, 3.05) is 11.9 Å². The molecule has 1 aromatic carbocycles. The highest BCUT2D eigenvalue weighted by molar-refractivity contribution is 5.85. The first kappa shape index (κ1) is 16.3. The number of pyridine rings is 1. The maximum Gasteiger partial charge on any atom is 0.157 e. The second-order valence-electron chi connectivity index (χ2n) is 6.61. The van der Waals surface area contributed by atoms with Crippen LogP contribution in [0, 0.1) is 24.2 Å². The molecule has 2 N–H and O–H groups in total. The number of para-hydroxylation sites is 2. The van der Waals surface area contributed by atoms with Crippen molar-refractivity contribution >= 4 is 22.5 Å². The van der Waals surface area contributed by atoms with Gasteiger partial charge in [0.05, 0.1) is 29.2 Å². The van der Waals surface area contributed by atoms with Crippen LogP contribution >= 0.6 is 0 Å². The Kier molecular flexibility index (Phi) is 4.41. The maximum absolute atomic E-state index is 9.70. The molecule has 0 aliphatic carbocycles. The topological polar surface area (TPSA) is 73.3 Å². The van der Waals surface area contributed by atoms with Gasteiger partial charge >= 0.3 is 0 Å². The molecule has 2 aromatic heterocycles. The highest BCUT2D eigenvalue weighted by Gasteiger charge is 2.17. The number of rotatable bonds is 5. The molecule has 0 saturated carbocycles. The highest BCUT2D eigenvalue weighted by atomic mass is 16.3. The zero-order chi connectivity index (χ0) is 17.3. The Morgan fingerprint density at radius 2 is 2.08 bits per heavy atom.